The Morgan fingerprint density at radius 2 is 1.82 bits per heavy atom. The molecule has 0 aliphatic rings. The van der Waals surface area contributed by atoms with Gasteiger partial charge in [0, 0.05) is 35.7 Å². The number of pyridine rings is 2. The van der Waals surface area contributed by atoms with Gasteiger partial charge >= 0.3 is 6.18 Å². The van der Waals surface area contributed by atoms with Gasteiger partial charge in [0.2, 0.25) is 0 Å². The number of aromatic nitrogens is 3. The number of nitrogens with zero attached hydrogens (tertiary/aromatic N) is 2. The number of carbonyl (C=O) groups excluding carboxylic acids is 1. The van der Waals surface area contributed by atoms with Gasteiger partial charge < -0.3 is 10.3 Å². The summed E-state index contributed by atoms with van der Waals surface area (Å²) in [5.74, 6) is -0.325. The van der Waals surface area contributed by atoms with Crippen molar-refractivity contribution in [3.8, 4) is 11.1 Å². The predicted octanol–water partition coefficient (Wildman–Crippen LogP) is 4.90. The highest BCUT2D eigenvalue weighted by Gasteiger charge is 2.30. The molecule has 0 bridgehead atoms. The fraction of sp³-hybridized carbons (Fsp3) is 0.0500. The number of amides is 1. The highest BCUT2D eigenvalue weighted by Crippen LogP contribution is 2.32. The number of nitrogens with one attached hydrogen (secondary N) is 2. The van der Waals surface area contributed by atoms with Crippen molar-refractivity contribution in [1.29, 1.82) is 0 Å². The fourth-order valence-corrected chi connectivity index (χ4v) is 2.81. The molecule has 5 nitrogen and oxygen atoms in total. The zero-order valence-corrected chi connectivity index (χ0v) is 14.3. The first-order valence-electron chi connectivity index (χ1n) is 8.28. The smallest absolute Gasteiger partial charge is 0.344 e. The van der Waals surface area contributed by atoms with E-state index in [1.54, 1.807) is 36.8 Å². The third-order valence-electron chi connectivity index (χ3n) is 4.25. The Morgan fingerprint density at radius 3 is 2.50 bits per heavy atom. The van der Waals surface area contributed by atoms with Crippen LogP contribution in [0.3, 0.4) is 0 Å². The van der Waals surface area contributed by atoms with Gasteiger partial charge in [-0.2, -0.15) is 13.2 Å². The van der Waals surface area contributed by atoms with Gasteiger partial charge in [-0.3, -0.25) is 9.78 Å². The molecule has 0 radical (unpaired) electrons. The fourth-order valence-electron chi connectivity index (χ4n) is 2.81. The third-order valence-corrected chi connectivity index (χ3v) is 4.25. The quantitative estimate of drug-likeness (QED) is 0.530. The summed E-state index contributed by atoms with van der Waals surface area (Å²) in [4.78, 5) is 23.5. The van der Waals surface area contributed by atoms with Gasteiger partial charge in [-0.25, -0.2) is 4.98 Å². The van der Waals surface area contributed by atoms with Crippen LogP contribution in [0.2, 0.25) is 0 Å². The Balaban J connectivity index is 1.65. The summed E-state index contributed by atoms with van der Waals surface area (Å²) >= 11 is 0. The highest BCUT2D eigenvalue weighted by molar-refractivity contribution is 6.08. The van der Waals surface area contributed by atoms with Gasteiger partial charge in [-0.1, -0.05) is 12.1 Å². The summed E-state index contributed by atoms with van der Waals surface area (Å²) in [6.07, 6.45) is 1.82. The van der Waals surface area contributed by atoms with Gasteiger partial charge in [-0.05, 0) is 35.9 Å². The van der Waals surface area contributed by atoms with Crippen LogP contribution in [0.1, 0.15) is 15.9 Å². The van der Waals surface area contributed by atoms with Crippen molar-refractivity contribution in [2.75, 3.05) is 5.32 Å². The first-order valence-corrected chi connectivity index (χ1v) is 8.28. The molecule has 0 saturated heterocycles. The number of alkyl halides is 3. The van der Waals surface area contributed by atoms with Gasteiger partial charge in [0.05, 0.1) is 16.8 Å². The molecular formula is C20H13F3N4O. The van der Waals surface area contributed by atoms with Crippen LogP contribution in [0.5, 0.6) is 0 Å². The Hall–Kier alpha value is -3.68. The average molecular weight is 382 g/mol. The van der Waals surface area contributed by atoms with Crippen LogP contribution in [0.15, 0.2) is 67.3 Å². The molecule has 0 atom stereocenters. The lowest BCUT2D eigenvalue weighted by Gasteiger charge is -2.08. The second kappa shape index (κ2) is 6.80. The van der Waals surface area contributed by atoms with E-state index in [0.717, 1.165) is 12.1 Å². The van der Waals surface area contributed by atoms with Crippen LogP contribution in [-0.2, 0) is 6.18 Å². The van der Waals surface area contributed by atoms with Gasteiger partial charge in [0.15, 0.2) is 0 Å². The van der Waals surface area contributed by atoms with Gasteiger partial charge in [-0.15, -0.1) is 0 Å². The molecule has 0 saturated carbocycles. The molecule has 1 amide bonds. The summed E-state index contributed by atoms with van der Waals surface area (Å²) in [5.41, 5.74) is 1.99. The van der Waals surface area contributed by atoms with Gasteiger partial charge in [0.25, 0.3) is 5.91 Å². The van der Waals surface area contributed by atoms with Crippen molar-refractivity contribution in [1.82, 2.24) is 15.0 Å². The summed E-state index contributed by atoms with van der Waals surface area (Å²) in [6, 6.07) is 9.92. The molecule has 4 rings (SSSR count). The predicted molar refractivity (Wildman–Crippen MR) is 98.7 cm³/mol. The van der Waals surface area contributed by atoms with E-state index in [-0.39, 0.29) is 5.91 Å². The van der Waals surface area contributed by atoms with E-state index >= 15 is 0 Å². The van der Waals surface area contributed by atoms with E-state index in [1.807, 2.05) is 0 Å². The van der Waals surface area contributed by atoms with Crippen molar-refractivity contribution in [2.24, 2.45) is 0 Å². The second-order valence-corrected chi connectivity index (χ2v) is 6.09. The molecule has 0 spiro atoms. The zero-order valence-electron chi connectivity index (χ0n) is 14.3. The lowest BCUT2D eigenvalue weighted by Crippen LogP contribution is -2.11. The first-order chi connectivity index (χ1) is 13.4. The summed E-state index contributed by atoms with van der Waals surface area (Å²) < 4.78 is 38.2. The number of aromatic amines is 1. The molecule has 3 aromatic heterocycles. The number of rotatable bonds is 3. The first kappa shape index (κ1) is 17.7. The summed E-state index contributed by atoms with van der Waals surface area (Å²) in [5, 5.41) is 3.44. The van der Waals surface area contributed by atoms with E-state index in [4.69, 9.17) is 0 Å². The van der Waals surface area contributed by atoms with E-state index in [2.05, 4.69) is 20.3 Å². The molecule has 1 aromatic carbocycles. The summed E-state index contributed by atoms with van der Waals surface area (Å²) in [6.45, 7) is 0. The molecule has 4 aromatic rings. The molecular weight excluding hydrogens is 369 g/mol. The second-order valence-electron chi connectivity index (χ2n) is 6.09. The minimum absolute atomic E-state index is 0.325. The van der Waals surface area contributed by atoms with Crippen LogP contribution in [0, 0.1) is 0 Å². The Morgan fingerprint density at radius 1 is 1.04 bits per heavy atom. The average Bonchev–Trinajstić information content (AvgIpc) is 3.10. The zero-order chi connectivity index (χ0) is 19.7. The van der Waals surface area contributed by atoms with Crippen LogP contribution >= 0.6 is 0 Å². The van der Waals surface area contributed by atoms with E-state index in [9.17, 15) is 18.0 Å². The van der Waals surface area contributed by atoms with Crippen LogP contribution in [-0.4, -0.2) is 20.9 Å². The maximum Gasteiger partial charge on any atom is 0.416 e. The van der Waals surface area contributed by atoms with Crippen LogP contribution in [0.4, 0.5) is 18.9 Å². The number of hydrogen-bond acceptors (Lipinski definition) is 3. The Bertz CT molecular complexity index is 1140. The number of carbonyl (C=O) groups is 1. The summed E-state index contributed by atoms with van der Waals surface area (Å²) in [7, 11) is 0. The standard InChI is InChI=1S/C20H13F3N4O/c21-20(22,23)15-5-3-12(4-6-15)14-8-16-17(11-26-18(16)25-10-14)27-19(28)13-2-1-7-24-9-13/h1-11H,(H,25,26)(H,27,28). The molecule has 0 aliphatic carbocycles. The number of benzene rings is 1. The molecule has 8 heteroatoms. The number of halogens is 3. The van der Waals surface area contributed by atoms with Crippen molar-refractivity contribution in [3.05, 3.63) is 78.4 Å². The number of fused-ring (bicyclic) bond motifs is 1. The molecule has 0 fully saturated rings. The van der Waals surface area contributed by atoms with Crippen LogP contribution < -0.4 is 5.32 Å². The number of anilines is 1. The van der Waals surface area contributed by atoms with Crippen molar-refractivity contribution in [2.45, 2.75) is 6.18 Å². The van der Waals surface area contributed by atoms with Gasteiger partial charge in [0.1, 0.15) is 5.65 Å². The molecule has 28 heavy (non-hydrogen) atoms. The maximum absolute atomic E-state index is 12.7. The Kier molecular flexibility index (Phi) is 4.31. The van der Waals surface area contributed by atoms with Crippen molar-refractivity contribution in [3.63, 3.8) is 0 Å². The normalized spacial score (nSPS) is 11.5. The minimum Gasteiger partial charge on any atom is -0.344 e. The maximum atomic E-state index is 12.7. The highest BCUT2D eigenvalue weighted by atomic mass is 19.4. The topological polar surface area (TPSA) is 70.7 Å². The monoisotopic (exact) mass is 382 g/mol. The third kappa shape index (κ3) is 3.44. The Labute approximate surface area is 157 Å². The molecule has 0 aliphatic heterocycles. The molecule has 3 heterocycles. The molecule has 0 unspecified atom stereocenters. The minimum atomic E-state index is -4.38. The lowest BCUT2D eigenvalue weighted by atomic mass is 10.0. The largest absolute Gasteiger partial charge is 0.416 e. The van der Waals surface area contributed by atoms with E-state index in [1.165, 1.54) is 18.3 Å². The molecule has 2 N–H and O–H groups in total. The lowest BCUT2D eigenvalue weighted by molar-refractivity contribution is -0.137. The SMILES string of the molecule is O=C(Nc1c[nH]c2ncc(-c3ccc(C(F)(F)F)cc3)cc12)c1cccnc1. The van der Waals surface area contributed by atoms with E-state index in [0.29, 0.717) is 33.4 Å². The van der Waals surface area contributed by atoms with E-state index < -0.39 is 11.7 Å². The number of hydrogen-bond donors (Lipinski definition) is 2. The molecule has 140 valence electrons. The van der Waals surface area contributed by atoms with Crippen molar-refractivity contribution < 1.29 is 18.0 Å². The van der Waals surface area contributed by atoms with Crippen LogP contribution in [0.25, 0.3) is 22.2 Å². The number of H-pyrrole nitrogens is 1. The van der Waals surface area contributed by atoms with Crippen molar-refractivity contribution >= 4 is 22.6 Å².